The minimum atomic E-state index is -0.741. The molecule has 1 aromatic carbocycles. The van der Waals surface area contributed by atoms with Crippen LogP contribution in [0.1, 0.15) is 17.5 Å². The normalized spacial score (nSPS) is 19.9. The number of rotatable bonds is 3. The number of aliphatic carboxylic acids is 1. The van der Waals surface area contributed by atoms with Crippen LogP contribution in [0.4, 0.5) is 5.69 Å². The van der Waals surface area contributed by atoms with Crippen LogP contribution in [0.3, 0.4) is 0 Å². The van der Waals surface area contributed by atoms with Crippen LogP contribution in [0, 0.1) is 13.8 Å². The molecular weight excluding hydrogens is 228 g/mol. The molecule has 2 N–H and O–H groups in total. The molecule has 2 rings (SSSR count). The Kier molecular flexibility index (Phi) is 3.87. The third kappa shape index (κ3) is 3.01. The number of benzene rings is 1. The molecule has 0 saturated carbocycles. The topological polar surface area (TPSA) is 52.6 Å². The van der Waals surface area contributed by atoms with E-state index in [9.17, 15) is 4.79 Å². The zero-order valence-electron chi connectivity index (χ0n) is 10.9. The highest BCUT2D eigenvalue weighted by Gasteiger charge is 2.22. The van der Waals surface area contributed by atoms with Crippen molar-refractivity contribution >= 4 is 11.7 Å². The van der Waals surface area contributed by atoms with Gasteiger partial charge < -0.3 is 15.3 Å². The first kappa shape index (κ1) is 12.9. The Balaban J connectivity index is 2.10. The van der Waals surface area contributed by atoms with Crippen molar-refractivity contribution in [1.29, 1.82) is 0 Å². The van der Waals surface area contributed by atoms with Crippen LogP contribution in [0.15, 0.2) is 18.2 Å². The minimum absolute atomic E-state index is 0.0388. The van der Waals surface area contributed by atoms with Crippen LogP contribution in [0.2, 0.25) is 0 Å². The number of hydrogen-bond acceptors (Lipinski definition) is 3. The Labute approximate surface area is 108 Å². The SMILES string of the molecule is Cc1ccc(N2CCNC(CC(=O)O)C2)c(C)c1. The van der Waals surface area contributed by atoms with Crippen LogP contribution < -0.4 is 10.2 Å². The van der Waals surface area contributed by atoms with Gasteiger partial charge in [0.05, 0.1) is 6.42 Å². The molecule has 0 spiro atoms. The Bertz CT molecular complexity index is 445. The molecule has 1 fully saturated rings. The number of piperazine rings is 1. The van der Waals surface area contributed by atoms with E-state index in [1.54, 1.807) is 0 Å². The van der Waals surface area contributed by atoms with Gasteiger partial charge in [-0.05, 0) is 25.5 Å². The van der Waals surface area contributed by atoms with E-state index in [2.05, 4.69) is 42.3 Å². The lowest BCUT2D eigenvalue weighted by Gasteiger charge is -2.35. The summed E-state index contributed by atoms with van der Waals surface area (Å²) in [6.07, 6.45) is 0.182. The highest BCUT2D eigenvalue weighted by atomic mass is 16.4. The lowest BCUT2D eigenvalue weighted by atomic mass is 10.1. The fraction of sp³-hybridized carbons (Fsp3) is 0.500. The first-order valence-corrected chi connectivity index (χ1v) is 6.33. The molecule has 1 aliphatic rings. The fourth-order valence-corrected chi connectivity index (χ4v) is 2.55. The monoisotopic (exact) mass is 248 g/mol. The average Bonchev–Trinajstić information content (AvgIpc) is 2.28. The number of nitrogens with one attached hydrogen (secondary N) is 1. The van der Waals surface area contributed by atoms with E-state index in [1.165, 1.54) is 16.8 Å². The van der Waals surface area contributed by atoms with E-state index in [0.29, 0.717) is 0 Å². The Morgan fingerprint density at radius 3 is 2.94 bits per heavy atom. The third-order valence-electron chi connectivity index (χ3n) is 3.37. The smallest absolute Gasteiger partial charge is 0.304 e. The predicted octanol–water partition coefficient (Wildman–Crippen LogP) is 1.56. The Hall–Kier alpha value is -1.55. The maximum absolute atomic E-state index is 10.8. The molecule has 0 amide bonds. The molecule has 1 saturated heterocycles. The number of hydrogen-bond donors (Lipinski definition) is 2. The van der Waals surface area contributed by atoms with E-state index >= 15 is 0 Å². The summed E-state index contributed by atoms with van der Waals surface area (Å²) in [6.45, 7) is 6.72. The molecule has 1 unspecified atom stereocenters. The zero-order chi connectivity index (χ0) is 13.1. The molecule has 1 heterocycles. The van der Waals surface area contributed by atoms with E-state index in [4.69, 9.17) is 5.11 Å². The van der Waals surface area contributed by atoms with Gasteiger partial charge in [-0.2, -0.15) is 0 Å². The van der Waals surface area contributed by atoms with Crippen LogP contribution in [0.5, 0.6) is 0 Å². The van der Waals surface area contributed by atoms with E-state index in [1.807, 2.05) is 0 Å². The van der Waals surface area contributed by atoms with E-state index in [-0.39, 0.29) is 12.5 Å². The van der Waals surface area contributed by atoms with Gasteiger partial charge in [0.1, 0.15) is 0 Å². The Morgan fingerprint density at radius 2 is 2.28 bits per heavy atom. The summed E-state index contributed by atoms with van der Waals surface area (Å²) in [5, 5.41) is 12.1. The fourth-order valence-electron chi connectivity index (χ4n) is 2.55. The van der Waals surface area contributed by atoms with Crippen LogP contribution in [-0.2, 0) is 4.79 Å². The molecular formula is C14H20N2O2. The molecule has 0 radical (unpaired) electrons. The lowest BCUT2D eigenvalue weighted by Crippen LogP contribution is -2.51. The van der Waals surface area contributed by atoms with Crippen molar-refractivity contribution in [2.75, 3.05) is 24.5 Å². The van der Waals surface area contributed by atoms with Crippen LogP contribution >= 0.6 is 0 Å². The molecule has 4 heteroatoms. The molecule has 1 atom stereocenters. The maximum Gasteiger partial charge on any atom is 0.304 e. The second kappa shape index (κ2) is 5.40. The second-order valence-electron chi connectivity index (χ2n) is 4.98. The van der Waals surface area contributed by atoms with Gasteiger partial charge in [0.25, 0.3) is 0 Å². The van der Waals surface area contributed by atoms with Crippen molar-refractivity contribution in [3.8, 4) is 0 Å². The van der Waals surface area contributed by atoms with Gasteiger partial charge in [-0.3, -0.25) is 4.79 Å². The third-order valence-corrected chi connectivity index (χ3v) is 3.37. The van der Waals surface area contributed by atoms with Crippen molar-refractivity contribution in [2.45, 2.75) is 26.3 Å². The van der Waals surface area contributed by atoms with Gasteiger partial charge >= 0.3 is 5.97 Å². The number of carboxylic acid groups (broad SMARTS) is 1. The van der Waals surface area contributed by atoms with Gasteiger partial charge in [0.15, 0.2) is 0 Å². The first-order chi connectivity index (χ1) is 8.56. The van der Waals surface area contributed by atoms with Gasteiger partial charge in [0.2, 0.25) is 0 Å². The molecule has 98 valence electrons. The lowest BCUT2D eigenvalue weighted by molar-refractivity contribution is -0.137. The molecule has 1 aromatic rings. The van der Waals surface area contributed by atoms with Crippen molar-refractivity contribution in [3.05, 3.63) is 29.3 Å². The summed E-state index contributed by atoms with van der Waals surface area (Å²) >= 11 is 0. The second-order valence-corrected chi connectivity index (χ2v) is 4.98. The van der Waals surface area contributed by atoms with Gasteiger partial charge in [-0.15, -0.1) is 0 Å². The van der Waals surface area contributed by atoms with E-state index in [0.717, 1.165) is 19.6 Å². The van der Waals surface area contributed by atoms with Gasteiger partial charge in [0, 0.05) is 31.4 Å². The highest BCUT2D eigenvalue weighted by molar-refractivity contribution is 5.68. The zero-order valence-corrected chi connectivity index (χ0v) is 10.9. The first-order valence-electron chi connectivity index (χ1n) is 6.33. The van der Waals surface area contributed by atoms with Crippen molar-refractivity contribution in [3.63, 3.8) is 0 Å². The highest BCUT2D eigenvalue weighted by Crippen LogP contribution is 2.22. The van der Waals surface area contributed by atoms with Crippen molar-refractivity contribution < 1.29 is 9.90 Å². The molecule has 0 aliphatic carbocycles. The predicted molar refractivity (Wildman–Crippen MR) is 72.2 cm³/mol. The summed E-state index contributed by atoms with van der Waals surface area (Å²) in [5.41, 5.74) is 3.73. The number of aryl methyl sites for hydroxylation is 2. The summed E-state index contributed by atoms with van der Waals surface area (Å²) < 4.78 is 0. The van der Waals surface area contributed by atoms with Gasteiger partial charge in [-0.25, -0.2) is 0 Å². The molecule has 0 aromatic heterocycles. The van der Waals surface area contributed by atoms with Crippen molar-refractivity contribution in [1.82, 2.24) is 5.32 Å². The standard InChI is InChI=1S/C14H20N2O2/c1-10-3-4-13(11(2)7-10)16-6-5-15-12(9-16)8-14(17)18/h3-4,7,12,15H,5-6,8-9H2,1-2H3,(H,17,18). The maximum atomic E-state index is 10.8. The van der Waals surface area contributed by atoms with Crippen LogP contribution in [0.25, 0.3) is 0 Å². The number of carboxylic acids is 1. The van der Waals surface area contributed by atoms with Crippen molar-refractivity contribution in [2.24, 2.45) is 0 Å². The number of carbonyl (C=O) groups is 1. The van der Waals surface area contributed by atoms with Crippen LogP contribution in [-0.4, -0.2) is 36.8 Å². The molecule has 1 aliphatic heterocycles. The van der Waals surface area contributed by atoms with E-state index < -0.39 is 5.97 Å². The summed E-state index contributed by atoms with van der Waals surface area (Å²) in [7, 11) is 0. The average molecular weight is 248 g/mol. The molecule has 18 heavy (non-hydrogen) atoms. The summed E-state index contributed by atoms with van der Waals surface area (Å²) in [5.74, 6) is -0.741. The Morgan fingerprint density at radius 1 is 1.50 bits per heavy atom. The summed E-state index contributed by atoms with van der Waals surface area (Å²) in [4.78, 5) is 13.0. The molecule has 0 bridgehead atoms. The largest absolute Gasteiger partial charge is 0.481 e. The quantitative estimate of drug-likeness (QED) is 0.852. The minimum Gasteiger partial charge on any atom is -0.481 e. The summed E-state index contributed by atoms with van der Waals surface area (Å²) in [6, 6.07) is 6.45. The molecule has 4 nitrogen and oxygen atoms in total. The number of nitrogens with zero attached hydrogens (tertiary/aromatic N) is 1. The van der Waals surface area contributed by atoms with Gasteiger partial charge in [-0.1, -0.05) is 17.7 Å². The number of anilines is 1.